The lowest BCUT2D eigenvalue weighted by atomic mass is 10.1. The minimum atomic E-state index is 0.132. The summed E-state index contributed by atoms with van der Waals surface area (Å²) in [5.41, 5.74) is 1.28. The fourth-order valence-corrected chi connectivity index (χ4v) is 2.71. The van der Waals surface area contributed by atoms with Crippen LogP contribution in [0.4, 0.5) is 0 Å². The molecule has 2 aromatic rings. The third kappa shape index (κ3) is 4.28. The van der Waals surface area contributed by atoms with Crippen LogP contribution < -0.4 is 15.4 Å². The van der Waals surface area contributed by atoms with Crippen molar-refractivity contribution in [2.24, 2.45) is 4.99 Å². The van der Waals surface area contributed by atoms with Gasteiger partial charge in [0, 0.05) is 38.4 Å². The van der Waals surface area contributed by atoms with Crippen LogP contribution in [-0.4, -0.2) is 36.3 Å². The number of hydrogen-bond donors (Lipinski definition) is 2. The summed E-state index contributed by atoms with van der Waals surface area (Å²) in [7, 11) is 0. The zero-order chi connectivity index (χ0) is 15.9. The maximum atomic E-state index is 5.93. The number of rotatable bonds is 6. The Kier molecular flexibility index (Phi) is 5.19. The van der Waals surface area contributed by atoms with Crippen LogP contribution in [-0.2, 0) is 13.0 Å². The average molecular weight is 312 g/mol. The zero-order valence-corrected chi connectivity index (χ0v) is 13.5. The van der Waals surface area contributed by atoms with Crippen LogP contribution in [0, 0.1) is 0 Å². The first-order chi connectivity index (χ1) is 11.3. The number of para-hydroxylation sites is 1. The smallest absolute Gasteiger partial charge is 0.191 e. The summed E-state index contributed by atoms with van der Waals surface area (Å²) in [4.78, 5) is 4.66. The van der Waals surface area contributed by atoms with Crippen LogP contribution in [0.15, 0.2) is 53.8 Å². The van der Waals surface area contributed by atoms with E-state index < -0.39 is 0 Å². The SMILES string of the molecule is CCNC(=NCC1Cc2ccccc2O1)NCCn1cccc1. The minimum absolute atomic E-state index is 0.132. The van der Waals surface area contributed by atoms with Gasteiger partial charge in [-0.2, -0.15) is 0 Å². The highest BCUT2D eigenvalue weighted by Crippen LogP contribution is 2.28. The molecule has 0 fully saturated rings. The molecule has 5 heteroatoms. The molecule has 23 heavy (non-hydrogen) atoms. The molecule has 0 saturated carbocycles. The number of aromatic nitrogens is 1. The molecule has 1 atom stereocenters. The lowest BCUT2D eigenvalue weighted by molar-refractivity contribution is 0.241. The van der Waals surface area contributed by atoms with Crippen LogP contribution in [0.5, 0.6) is 5.75 Å². The molecule has 3 rings (SSSR count). The van der Waals surface area contributed by atoms with Gasteiger partial charge < -0.3 is 19.9 Å². The highest BCUT2D eigenvalue weighted by molar-refractivity contribution is 5.79. The summed E-state index contributed by atoms with van der Waals surface area (Å²) >= 11 is 0. The highest BCUT2D eigenvalue weighted by atomic mass is 16.5. The summed E-state index contributed by atoms with van der Waals surface area (Å²) in [5, 5.41) is 6.65. The molecule has 5 nitrogen and oxygen atoms in total. The second-order valence-corrected chi connectivity index (χ2v) is 5.62. The molecule has 1 unspecified atom stereocenters. The van der Waals surface area contributed by atoms with E-state index in [1.165, 1.54) is 5.56 Å². The summed E-state index contributed by atoms with van der Waals surface area (Å²) in [6.45, 7) is 5.34. The molecule has 0 amide bonds. The van der Waals surface area contributed by atoms with Crippen molar-refractivity contribution in [3.8, 4) is 5.75 Å². The fourth-order valence-electron chi connectivity index (χ4n) is 2.71. The molecule has 1 aliphatic heterocycles. The van der Waals surface area contributed by atoms with Crippen molar-refractivity contribution < 1.29 is 4.74 Å². The molecule has 122 valence electrons. The Morgan fingerprint density at radius 1 is 1.22 bits per heavy atom. The van der Waals surface area contributed by atoms with Crippen molar-refractivity contribution >= 4 is 5.96 Å². The largest absolute Gasteiger partial charge is 0.488 e. The second-order valence-electron chi connectivity index (χ2n) is 5.62. The first-order valence-electron chi connectivity index (χ1n) is 8.22. The van der Waals surface area contributed by atoms with E-state index in [-0.39, 0.29) is 6.10 Å². The predicted octanol–water partition coefficient (Wildman–Crippen LogP) is 2.05. The molecular formula is C18H24N4O. The Morgan fingerprint density at radius 2 is 2.04 bits per heavy atom. The van der Waals surface area contributed by atoms with Crippen LogP contribution in [0.1, 0.15) is 12.5 Å². The Labute approximate surface area is 137 Å². The second kappa shape index (κ2) is 7.72. The van der Waals surface area contributed by atoms with Crippen molar-refractivity contribution in [2.45, 2.75) is 26.0 Å². The van der Waals surface area contributed by atoms with E-state index in [0.717, 1.165) is 37.8 Å². The summed E-state index contributed by atoms with van der Waals surface area (Å²) in [6, 6.07) is 12.3. The minimum Gasteiger partial charge on any atom is -0.488 e. The van der Waals surface area contributed by atoms with Gasteiger partial charge in [0.2, 0.25) is 0 Å². The predicted molar refractivity (Wildman–Crippen MR) is 93.0 cm³/mol. The van der Waals surface area contributed by atoms with Crippen LogP contribution in [0.2, 0.25) is 0 Å². The molecule has 0 bridgehead atoms. The van der Waals surface area contributed by atoms with E-state index in [4.69, 9.17) is 4.74 Å². The number of benzene rings is 1. The molecule has 0 aliphatic carbocycles. The third-order valence-electron chi connectivity index (χ3n) is 3.84. The summed E-state index contributed by atoms with van der Waals surface area (Å²) in [6.07, 6.45) is 5.19. The number of ether oxygens (including phenoxy) is 1. The molecule has 2 N–H and O–H groups in total. The van der Waals surface area contributed by atoms with E-state index in [2.05, 4.69) is 51.6 Å². The molecule has 0 radical (unpaired) electrons. The molecule has 0 saturated heterocycles. The molecule has 1 aliphatic rings. The van der Waals surface area contributed by atoms with Gasteiger partial charge >= 0.3 is 0 Å². The maximum Gasteiger partial charge on any atom is 0.191 e. The Hall–Kier alpha value is -2.43. The maximum absolute atomic E-state index is 5.93. The lowest BCUT2D eigenvalue weighted by Gasteiger charge is -2.13. The quantitative estimate of drug-likeness (QED) is 0.634. The van der Waals surface area contributed by atoms with Gasteiger partial charge in [-0.05, 0) is 30.7 Å². The van der Waals surface area contributed by atoms with Crippen molar-refractivity contribution in [3.63, 3.8) is 0 Å². The Morgan fingerprint density at radius 3 is 2.83 bits per heavy atom. The van der Waals surface area contributed by atoms with Gasteiger partial charge in [-0.1, -0.05) is 18.2 Å². The lowest BCUT2D eigenvalue weighted by Crippen LogP contribution is -2.39. The number of hydrogen-bond acceptors (Lipinski definition) is 2. The Bertz CT molecular complexity index is 611. The molecule has 1 aromatic carbocycles. The number of guanidine groups is 1. The topological polar surface area (TPSA) is 50.6 Å². The van der Waals surface area contributed by atoms with Crippen molar-refractivity contribution in [1.29, 1.82) is 0 Å². The summed E-state index contributed by atoms with van der Waals surface area (Å²) < 4.78 is 8.08. The fraction of sp³-hybridized carbons (Fsp3) is 0.389. The molecule has 0 spiro atoms. The van der Waals surface area contributed by atoms with E-state index >= 15 is 0 Å². The molecule has 2 heterocycles. The zero-order valence-electron chi connectivity index (χ0n) is 13.5. The first-order valence-corrected chi connectivity index (χ1v) is 8.22. The van der Waals surface area contributed by atoms with Crippen LogP contribution in [0.25, 0.3) is 0 Å². The van der Waals surface area contributed by atoms with Crippen LogP contribution >= 0.6 is 0 Å². The summed E-state index contributed by atoms with van der Waals surface area (Å²) in [5.74, 6) is 1.84. The number of aliphatic imine (C=N–C) groups is 1. The number of nitrogens with zero attached hydrogens (tertiary/aromatic N) is 2. The van der Waals surface area contributed by atoms with Crippen LogP contribution in [0.3, 0.4) is 0 Å². The number of fused-ring (bicyclic) bond motifs is 1. The molecule has 1 aromatic heterocycles. The number of nitrogens with one attached hydrogen (secondary N) is 2. The van der Waals surface area contributed by atoms with E-state index in [0.29, 0.717) is 6.54 Å². The van der Waals surface area contributed by atoms with Gasteiger partial charge in [-0.3, -0.25) is 0 Å². The van der Waals surface area contributed by atoms with E-state index in [9.17, 15) is 0 Å². The van der Waals surface area contributed by atoms with Gasteiger partial charge in [0.1, 0.15) is 11.9 Å². The first kappa shape index (κ1) is 15.5. The van der Waals surface area contributed by atoms with Gasteiger partial charge in [0.25, 0.3) is 0 Å². The standard InChI is InChI=1S/C18H24N4O/c1-2-19-18(20-9-12-22-10-5-6-11-22)21-14-16-13-15-7-3-4-8-17(15)23-16/h3-8,10-11,16H,2,9,12-14H2,1H3,(H2,19,20,21). The van der Waals surface area contributed by atoms with Crippen molar-refractivity contribution in [1.82, 2.24) is 15.2 Å². The average Bonchev–Trinajstić information content (AvgIpc) is 3.21. The monoisotopic (exact) mass is 312 g/mol. The van der Waals surface area contributed by atoms with Gasteiger partial charge in [-0.25, -0.2) is 4.99 Å². The van der Waals surface area contributed by atoms with Gasteiger partial charge in [0.15, 0.2) is 5.96 Å². The van der Waals surface area contributed by atoms with Gasteiger partial charge in [0.05, 0.1) is 6.54 Å². The van der Waals surface area contributed by atoms with Crippen molar-refractivity contribution in [2.75, 3.05) is 19.6 Å². The molecular weight excluding hydrogens is 288 g/mol. The van der Waals surface area contributed by atoms with Crippen molar-refractivity contribution in [3.05, 3.63) is 54.4 Å². The highest BCUT2D eigenvalue weighted by Gasteiger charge is 2.21. The van der Waals surface area contributed by atoms with E-state index in [1.54, 1.807) is 0 Å². The third-order valence-corrected chi connectivity index (χ3v) is 3.84. The van der Waals surface area contributed by atoms with E-state index in [1.807, 2.05) is 24.3 Å². The normalized spacial score (nSPS) is 16.7. The van der Waals surface area contributed by atoms with Gasteiger partial charge in [-0.15, -0.1) is 0 Å². The Balaban J connectivity index is 1.49.